The van der Waals surface area contributed by atoms with Gasteiger partial charge in [-0.15, -0.1) is 0 Å². The van der Waals surface area contributed by atoms with Gasteiger partial charge in [-0.05, 0) is 30.7 Å². The molecule has 0 aliphatic carbocycles. The maximum absolute atomic E-state index is 12.0. The average Bonchev–Trinajstić information content (AvgIpc) is 3.00. The molecule has 8 heteroatoms. The smallest absolute Gasteiger partial charge is 0.282 e. The molecule has 1 atom stereocenters. The average molecular weight is 325 g/mol. The molecule has 0 aliphatic heterocycles. The van der Waals surface area contributed by atoms with Gasteiger partial charge >= 0.3 is 0 Å². The van der Waals surface area contributed by atoms with Crippen molar-refractivity contribution >= 4 is 23.2 Å². The van der Waals surface area contributed by atoms with Crippen molar-refractivity contribution in [2.75, 3.05) is 6.54 Å². The van der Waals surface area contributed by atoms with E-state index in [0.717, 1.165) is 0 Å². The Kier molecular flexibility index (Phi) is 5.13. The molecule has 2 N–H and O–H groups in total. The van der Waals surface area contributed by atoms with Crippen molar-refractivity contribution in [1.29, 1.82) is 0 Å². The summed E-state index contributed by atoms with van der Waals surface area (Å²) in [7, 11) is 0. The molecule has 22 heavy (non-hydrogen) atoms. The Balaban J connectivity index is 1.98. The van der Waals surface area contributed by atoms with Crippen molar-refractivity contribution in [2.45, 2.75) is 12.5 Å². The molecule has 7 nitrogen and oxygen atoms in total. The molecule has 0 saturated carbocycles. The number of nitrogens with one attached hydrogen (secondary N) is 1. The highest BCUT2D eigenvalue weighted by molar-refractivity contribution is 6.31. The van der Waals surface area contributed by atoms with E-state index in [1.54, 1.807) is 12.1 Å². The van der Waals surface area contributed by atoms with E-state index in [-0.39, 0.29) is 29.2 Å². The molecule has 1 heterocycles. The van der Waals surface area contributed by atoms with Crippen LogP contribution in [-0.2, 0) is 0 Å². The quantitative estimate of drug-likeness (QED) is 0.627. The van der Waals surface area contributed by atoms with Crippen LogP contribution < -0.4 is 5.32 Å². The Morgan fingerprint density at radius 2 is 2.23 bits per heavy atom. The van der Waals surface area contributed by atoms with E-state index in [9.17, 15) is 20.0 Å². The van der Waals surface area contributed by atoms with Gasteiger partial charge in [-0.25, -0.2) is 0 Å². The number of halogens is 1. The zero-order valence-electron chi connectivity index (χ0n) is 11.4. The molecular formula is C14H13ClN2O5. The Morgan fingerprint density at radius 1 is 1.45 bits per heavy atom. The lowest BCUT2D eigenvalue weighted by atomic mass is 10.1. The van der Waals surface area contributed by atoms with Crippen molar-refractivity contribution in [3.05, 3.63) is 63.1 Å². The first-order valence-electron chi connectivity index (χ1n) is 6.42. The van der Waals surface area contributed by atoms with Crippen LogP contribution in [0.15, 0.2) is 41.0 Å². The molecule has 0 spiro atoms. The van der Waals surface area contributed by atoms with Gasteiger partial charge in [-0.2, -0.15) is 0 Å². The Morgan fingerprint density at radius 3 is 2.86 bits per heavy atom. The van der Waals surface area contributed by atoms with Crippen LogP contribution in [-0.4, -0.2) is 22.5 Å². The van der Waals surface area contributed by atoms with E-state index in [2.05, 4.69) is 5.32 Å². The Labute approximate surface area is 130 Å². The molecule has 2 rings (SSSR count). The molecule has 116 valence electrons. The summed E-state index contributed by atoms with van der Waals surface area (Å²) in [6, 6.07) is 7.02. The molecule has 0 bridgehead atoms. The summed E-state index contributed by atoms with van der Waals surface area (Å²) in [5.74, 6) is -0.233. The molecule has 1 unspecified atom stereocenters. The fourth-order valence-electron chi connectivity index (χ4n) is 1.89. The first kappa shape index (κ1) is 16.0. The molecular weight excluding hydrogens is 312 g/mol. The van der Waals surface area contributed by atoms with Gasteiger partial charge in [0.25, 0.3) is 11.6 Å². The van der Waals surface area contributed by atoms with Crippen LogP contribution in [0.3, 0.4) is 0 Å². The van der Waals surface area contributed by atoms with Gasteiger partial charge in [-0.1, -0.05) is 11.6 Å². The molecule has 0 saturated heterocycles. The van der Waals surface area contributed by atoms with Crippen molar-refractivity contribution in [3.8, 4) is 0 Å². The second-order valence-electron chi connectivity index (χ2n) is 4.49. The van der Waals surface area contributed by atoms with Gasteiger partial charge in [0.15, 0.2) is 0 Å². The van der Waals surface area contributed by atoms with Gasteiger partial charge in [0.05, 0.1) is 11.2 Å². The lowest BCUT2D eigenvalue weighted by Gasteiger charge is -2.09. The van der Waals surface area contributed by atoms with Gasteiger partial charge in [0.2, 0.25) is 0 Å². The molecule has 1 aromatic carbocycles. The number of carbonyl (C=O) groups excluding carboxylic acids is 1. The molecule has 0 radical (unpaired) electrons. The van der Waals surface area contributed by atoms with Crippen molar-refractivity contribution in [1.82, 2.24) is 5.32 Å². The van der Waals surface area contributed by atoms with Crippen LogP contribution in [0.2, 0.25) is 5.02 Å². The number of nitrogens with zero attached hydrogens (tertiary/aromatic N) is 1. The number of hydrogen-bond donors (Lipinski definition) is 2. The second kappa shape index (κ2) is 7.06. The monoisotopic (exact) mass is 324 g/mol. The van der Waals surface area contributed by atoms with Crippen LogP contribution in [0.4, 0.5) is 5.69 Å². The fourth-order valence-corrected chi connectivity index (χ4v) is 2.06. The third kappa shape index (κ3) is 3.84. The third-order valence-electron chi connectivity index (χ3n) is 2.97. The summed E-state index contributed by atoms with van der Waals surface area (Å²) in [4.78, 5) is 22.3. The topological polar surface area (TPSA) is 106 Å². The number of rotatable bonds is 6. The van der Waals surface area contributed by atoms with Crippen molar-refractivity contribution < 1.29 is 19.2 Å². The normalized spacial score (nSPS) is 11.9. The first-order valence-corrected chi connectivity index (χ1v) is 6.80. The summed E-state index contributed by atoms with van der Waals surface area (Å²) in [5.41, 5.74) is -0.446. The van der Waals surface area contributed by atoms with Crippen LogP contribution in [0, 0.1) is 10.1 Å². The number of carbonyl (C=O) groups is 1. The number of furan rings is 1. The van der Waals surface area contributed by atoms with Gasteiger partial charge in [0, 0.05) is 17.6 Å². The number of hydrogen-bond acceptors (Lipinski definition) is 5. The SMILES string of the molecule is O=C(NCCC(O)c1ccco1)c1cc(Cl)ccc1[N+](=O)[O-]. The summed E-state index contributed by atoms with van der Waals surface area (Å²) in [6.45, 7) is 0.129. The zero-order chi connectivity index (χ0) is 16.1. The van der Waals surface area contributed by atoms with E-state index >= 15 is 0 Å². The van der Waals surface area contributed by atoms with E-state index in [1.807, 2.05) is 0 Å². The van der Waals surface area contributed by atoms with E-state index < -0.39 is 16.9 Å². The molecule has 0 aliphatic rings. The van der Waals surface area contributed by atoms with Crippen molar-refractivity contribution in [2.24, 2.45) is 0 Å². The maximum atomic E-state index is 12.0. The third-order valence-corrected chi connectivity index (χ3v) is 3.21. The summed E-state index contributed by atoms with van der Waals surface area (Å²) >= 11 is 5.76. The van der Waals surface area contributed by atoms with E-state index in [1.165, 1.54) is 24.5 Å². The first-order chi connectivity index (χ1) is 10.5. The summed E-state index contributed by atoms with van der Waals surface area (Å²) in [6.07, 6.45) is 0.796. The number of amides is 1. The number of nitro groups is 1. The zero-order valence-corrected chi connectivity index (χ0v) is 12.1. The largest absolute Gasteiger partial charge is 0.467 e. The van der Waals surface area contributed by atoms with Crippen LogP contribution in [0.5, 0.6) is 0 Å². The summed E-state index contributed by atoms with van der Waals surface area (Å²) in [5, 5.41) is 23.4. The molecule has 2 aromatic rings. The molecule has 1 aromatic heterocycles. The number of aliphatic hydroxyl groups is 1. The summed E-state index contributed by atoms with van der Waals surface area (Å²) < 4.78 is 5.03. The standard InChI is InChI=1S/C14H13ClN2O5/c15-9-3-4-11(17(20)21)10(8-9)14(19)16-6-5-12(18)13-2-1-7-22-13/h1-4,7-8,12,18H,5-6H2,(H,16,19). The van der Waals surface area contributed by atoms with Crippen LogP contribution in [0.25, 0.3) is 0 Å². The Hall–Kier alpha value is -2.38. The minimum atomic E-state index is -0.857. The minimum absolute atomic E-state index is 0.120. The lowest BCUT2D eigenvalue weighted by Crippen LogP contribution is -2.26. The van der Waals surface area contributed by atoms with E-state index in [4.69, 9.17) is 16.0 Å². The fraction of sp³-hybridized carbons (Fsp3) is 0.214. The molecule has 1 amide bonds. The number of aliphatic hydroxyl groups excluding tert-OH is 1. The second-order valence-corrected chi connectivity index (χ2v) is 4.93. The minimum Gasteiger partial charge on any atom is -0.467 e. The van der Waals surface area contributed by atoms with Gasteiger partial charge in [-0.3, -0.25) is 14.9 Å². The Bertz CT molecular complexity index is 672. The number of benzene rings is 1. The van der Waals surface area contributed by atoms with Gasteiger partial charge < -0.3 is 14.8 Å². The van der Waals surface area contributed by atoms with Crippen LogP contribution in [0.1, 0.15) is 28.6 Å². The predicted octanol–water partition coefficient (Wildman–Crippen LogP) is 2.69. The van der Waals surface area contributed by atoms with E-state index in [0.29, 0.717) is 5.76 Å². The highest BCUT2D eigenvalue weighted by Gasteiger charge is 2.20. The van der Waals surface area contributed by atoms with Gasteiger partial charge in [0.1, 0.15) is 17.4 Å². The van der Waals surface area contributed by atoms with Crippen molar-refractivity contribution in [3.63, 3.8) is 0 Å². The molecule has 0 fully saturated rings. The highest BCUT2D eigenvalue weighted by Crippen LogP contribution is 2.22. The lowest BCUT2D eigenvalue weighted by molar-refractivity contribution is -0.385. The highest BCUT2D eigenvalue weighted by atomic mass is 35.5. The number of nitro benzene ring substituents is 1. The van der Waals surface area contributed by atoms with Crippen LogP contribution >= 0.6 is 11.6 Å². The maximum Gasteiger partial charge on any atom is 0.282 e. The predicted molar refractivity (Wildman–Crippen MR) is 78.7 cm³/mol.